The topological polar surface area (TPSA) is 74.8 Å². The van der Waals surface area contributed by atoms with E-state index >= 15 is 0 Å². The summed E-state index contributed by atoms with van der Waals surface area (Å²) < 4.78 is 0. The number of hydrogen-bond acceptors (Lipinski definition) is 4. The number of nitrogens with one attached hydrogen (secondary N) is 2. The summed E-state index contributed by atoms with van der Waals surface area (Å²) in [6.07, 6.45) is 4.41. The summed E-state index contributed by atoms with van der Waals surface area (Å²) in [7, 11) is 0. The van der Waals surface area contributed by atoms with Crippen molar-refractivity contribution in [2.24, 2.45) is 0 Å². The van der Waals surface area contributed by atoms with E-state index in [9.17, 15) is 9.59 Å². The minimum absolute atomic E-state index is 0.0539. The summed E-state index contributed by atoms with van der Waals surface area (Å²) in [5.41, 5.74) is 4.69. The highest BCUT2D eigenvalue weighted by molar-refractivity contribution is 8.00. The zero-order valence-corrected chi connectivity index (χ0v) is 16.3. The summed E-state index contributed by atoms with van der Waals surface area (Å²) in [5, 5.41) is 3.24. The Bertz CT molecular complexity index is 876. The number of anilines is 1. The van der Waals surface area contributed by atoms with E-state index in [-0.39, 0.29) is 16.7 Å². The van der Waals surface area contributed by atoms with Gasteiger partial charge in [0.25, 0.3) is 5.56 Å². The molecule has 0 saturated heterocycles. The maximum atomic E-state index is 12.7. The Labute approximate surface area is 158 Å². The minimum atomic E-state index is -0.305. The van der Waals surface area contributed by atoms with E-state index in [1.165, 1.54) is 11.8 Å². The molecule has 1 unspecified atom stereocenters. The first-order chi connectivity index (χ1) is 12.5. The van der Waals surface area contributed by atoms with Crippen molar-refractivity contribution in [2.75, 3.05) is 5.32 Å². The van der Waals surface area contributed by atoms with Crippen molar-refractivity contribution in [1.82, 2.24) is 9.97 Å². The van der Waals surface area contributed by atoms with Crippen LogP contribution < -0.4 is 10.9 Å². The van der Waals surface area contributed by atoms with Gasteiger partial charge in [-0.3, -0.25) is 9.59 Å². The Morgan fingerprint density at radius 2 is 2.08 bits per heavy atom. The molecule has 1 aliphatic carbocycles. The SMILES string of the molecule is CCC(Sc1nc2c(c(=O)[nH]1)CCCC2)C(=O)Nc1ccc(C)cc1C. The molecule has 5 nitrogen and oxygen atoms in total. The van der Waals surface area contributed by atoms with Gasteiger partial charge >= 0.3 is 0 Å². The molecule has 0 bridgehead atoms. The molecule has 138 valence electrons. The molecule has 0 saturated carbocycles. The standard InChI is InChI=1S/C20H25N3O2S/c1-4-17(19(25)21-15-10-9-12(2)11-13(15)3)26-20-22-16-8-6-5-7-14(16)18(24)23-20/h9-11,17H,4-8H2,1-3H3,(H,21,25)(H,22,23,24). The van der Waals surface area contributed by atoms with Crippen LogP contribution in [0.3, 0.4) is 0 Å². The number of aromatic nitrogens is 2. The molecule has 1 aliphatic rings. The molecule has 0 spiro atoms. The predicted molar refractivity (Wildman–Crippen MR) is 106 cm³/mol. The first kappa shape index (κ1) is 18.7. The molecule has 0 aliphatic heterocycles. The Morgan fingerprint density at radius 1 is 1.31 bits per heavy atom. The Morgan fingerprint density at radius 3 is 2.81 bits per heavy atom. The molecule has 0 radical (unpaired) electrons. The van der Waals surface area contributed by atoms with Crippen LogP contribution in [-0.2, 0) is 17.6 Å². The lowest BCUT2D eigenvalue weighted by molar-refractivity contribution is -0.115. The van der Waals surface area contributed by atoms with E-state index in [4.69, 9.17) is 0 Å². The normalized spacial score (nSPS) is 14.6. The van der Waals surface area contributed by atoms with E-state index in [2.05, 4.69) is 15.3 Å². The van der Waals surface area contributed by atoms with Crippen LogP contribution in [0.25, 0.3) is 0 Å². The number of rotatable bonds is 5. The van der Waals surface area contributed by atoms with E-state index in [1.54, 1.807) is 0 Å². The van der Waals surface area contributed by atoms with Crippen molar-refractivity contribution in [3.63, 3.8) is 0 Å². The number of H-pyrrole nitrogens is 1. The van der Waals surface area contributed by atoms with Gasteiger partial charge in [-0.05, 0) is 57.6 Å². The fraction of sp³-hybridized carbons (Fsp3) is 0.450. The summed E-state index contributed by atoms with van der Waals surface area (Å²) >= 11 is 1.33. The van der Waals surface area contributed by atoms with Crippen molar-refractivity contribution < 1.29 is 4.79 Å². The van der Waals surface area contributed by atoms with Crippen molar-refractivity contribution in [3.8, 4) is 0 Å². The average Bonchev–Trinajstić information content (AvgIpc) is 2.62. The lowest BCUT2D eigenvalue weighted by Crippen LogP contribution is -2.27. The maximum Gasteiger partial charge on any atom is 0.254 e. The molecule has 26 heavy (non-hydrogen) atoms. The number of thioether (sulfide) groups is 1. The van der Waals surface area contributed by atoms with Crippen molar-refractivity contribution in [1.29, 1.82) is 0 Å². The van der Waals surface area contributed by atoms with Crippen LogP contribution in [0.2, 0.25) is 0 Å². The fourth-order valence-electron chi connectivity index (χ4n) is 3.26. The second-order valence-electron chi connectivity index (χ2n) is 6.83. The van der Waals surface area contributed by atoms with Crippen LogP contribution in [0.1, 0.15) is 48.6 Å². The zero-order valence-electron chi connectivity index (χ0n) is 15.5. The van der Waals surface area contributed by atoms with Crippen LogP contribution in [0, 0.1) is 13.8 Å². The van der Waals surface area contributed by atoms with Crippen LogP contribution in [-0.4, -0.2) is 21.1 Å². The first-order valence-electron chi connectivity index (χ1n) is 9.14. The third-order valence-corrected chi connectivity index (χ3v) is 5.98. The third-order valence-electron chi connectivity index (χ3n) is 4.73. The number of nitrogens with zero attached hydrogens (tertiary/aromatic N) is 1. The van der Waals surface area contributed by atoms with Crippen molar-refractivity contribution in [3.05, 3.63) is 50.9 Å². The van der Waals surface area contributed by atoms with Crippen molar-refractivity contribution >= 4 is 23.4 Å². The monoisotopic (exact) mass is 371 g/mol. The van der Waals surface area contributed by atoms with Gasteiger partial charge in [-0.25, -0.2) is 4.98 Å². The van der Waals surface area contributed by atoms with Crippen LogP contribution >= 0.6 is 11.8 Å². The van der Waals surface area contributed by atoms with E-state index < -0.39 is 0 Å². The van der Waals surface area contributed by atoms with Gasteiger partial charge in [-0.2, -0.15) is 0 Å². The second kappa shape index (κ2) is 8.08. The lowest BCUT2D eigenvalue weighted by Gasteiger charge is -2.18. The Hall–Kier alpha value is -2.08. The molecule has 3 rings (SSSR count). The van der Waals surface area contributed by atoms with E-state index in [1.807, 2.05) is 39.0 Å². The van der Waals surface area contributed by atoms with Gasteiger partial charge in [0.1, 0.15) is 0 Å². The average molecular weight is 372 g/mol. The number of benzene rings is 1. The lowest BCUT2D eigenvalue weighted by atomic mass is 9.97. The van der Waals surface area contributed by atoms with Gasteiger partial charge in [-0.15, -0.1) is 0 Å². The molecular weight excluding hydrogens is 346 g/mol. The minimum Gasteiger partial charge on any atom is -0.325 e. The number of fused-ring (bicyclic) bond motifs is 1. The molecule has 1 aromatic heterocycles. The van der Waals surface area contributed by atoms with Gasteiger partial charge in [0, 0.05) is 11.3 Å². The van der Waals surface area contributed by atoms with Crippen LogP contribution in [0.15, 0.2) is 28.2 Å². The van der Waals surface area contributed by atoms with Gasteiger partial charge in [0.15, 0.2) is 5.16 Å². The van der Waals surface area contributed by atoms with Gasteiger partial charge < -0.3 is 10.3 Å². The molecule has 2 N–H and O–H groups in total. The highest BCUT2D eigenvalue weighted by Gasteiger charge is 2.22. The Balaban J connectivity index is 1.75. The fourth-order valence-corrected chi connectivity index (χ4v) is 4.18. The van der Waals surface area contributed by atoms with E-state index in [0.29, 0.717) is 11.6 Å². The van der Waals surface area contributed by atoms with Gasteiger partial charge in [0.05, 0.1) is 10.9 Å². The molecule has 1 aromatic carbocycles. The van der Waals surface area contributed by atoms with E-state index in [0.717, 1.165) is 53.8 Å². The highest BCUT2D eigenvalue weighted by Crippen LogP contribution is 2.26. The molecule has 1 amide bonds. The van der Waals surface area contributed by atoms with Crippen LogP contribution in [0.4, 0.5) is 5.69 Å². The number of carbonyl (C=O) groups excluding carboxylic acids is 1. The smallest absolute Gasteiger partial charge is 0.254 e. The number of aromatic amines is 1. The largest absolute Gasteiger partial charge is 0.325 e. The number of hydrogen-bond donors (Lipinski definition) is 2. The van der Waals surface area contributed by atoms with Gasteiger partial charge in [-0.1, -0.05) is 36.4 Å². The first-order valence-corrected chi connectivity index (χ1v) is 10.0. The summed E-state index contributed by atoms with van der Waals surface area (Å²) in [4.78, 5) is 32.5. The molecule has 2 aromatic rings. The quantitative estimate of drug-likeness (QED) is 0.620. The number of amides is 1. The third kappa shape index (κ3) is 4.18. The van der Waals surface area contributed by atoms with Crippen LogP contribution in [0.5, 0.6) is 0 Å². The number of carbonyl (C=O) groups is 1. The summed E-state index contributed by atoms with van der Waals surface area (Å²) in [5.74, 6) is -0.0650. The molecular formula is C20H25N3O2S. The van der Waals surface area contributed by atoms with Crippen molar-refractivity contribution in [2.45, 2.75) is 63.3 Å². The Kier molecular flexibility index (Phi) is 5.81. The predicted octanol–water partition coefficient (Wildman–Crippen LogP) is 3.77. The molecule has 0 fully saturated rings. The molecule has 1 heterocycles. The maximum absolute atomic E-state index is 12.7. The van der Waals surface area contributed by atoms with Gasteiger partial charge in [0.2, 0.25) is 5.91 Å². The summed E-state index contributed by atoms with van der Waals surface area (Å²) in [6.45, 7) is 5.98. The zero-order chi connectivity index (χ0) is 18.7. The second-order valence-corrected chi connectivity index (χ2v) is 8.02. The highest BCUT2D eigenvalue weighted by atomic mass is 32.2. The molecule has 6 heteroatoms. The number of aryl methyl sites for hydroxylation is 3. The molecule has 1 atom stereocenters. The summed E-state index contributed by atoms with van der Waals surface area (Å²) in [6, 6.07) is 5.96.